The largest absolute Gasteiger partial charge is 0.461 e. The van der Waals surface area contributed by atoms with Crippen molar-refractivity contribution in [1.29, 1.82) is 0 Å². The lowest BCUT2D eigenvalue weighted by Gasteiger charge is -2.25. The fourth-order valence-corrected chi connectivity index (χ4v) is 4.47. The van der Waals surface area contributed by atoms with Gasteiger partial charge >= 0.3 is 12.8 Å². The SMILES string of the molecule is C[C@H](NP(=O)(Cl)Oc1cccc2ccccc12)C(=O)OC1CCOCC1. The smallest absolute Gasteiger partial charge is 0.409 e. The van der Waals surface area contributed by atoms with Gasteiger partial charge in [-0.15, -0.1) is 0 Å². The Hall–Kier alpha value is -1.59. The molecule has 0 radical (unpaired) electrons. The fourth-order valence-electron chi connectivity index (χ4n) is 2.77. The second-order valence-corrected chi connectivity index (χ2v) is 8.88. The number of carbonyl (C=O) groups is 1. The van der Waals surface area contributed by atoms with Gasteiger partial charge in [-0.05, 0) is 18.4 Å². The van der Waals surface area contributed by atoms with Gasteiger partial charge in [-0.2, -0.15) is 0 Å². The quantitative estimate of drug-likeness (QED) is 0.579. The molecule has 1 aliphatic rings. The van der Waals surface area contributed by atoms with Gasteiger partial charge in [0.05, 0.1) is 13.2 Å². The van der Waals surface area contributed by atoms with Gasteiger partial charge in [-0.3, -0.25) is 4.79 Å². The zero-order valence-electron chi connectivity index (χ0n) is 14.4. The summed E-state index contributed by atoms with van der Waals surface area (Å²) in [6, 6.07) is 12.1. The predicted molar refractivity (Wildman–Crippen MR) is 101 cm³/mol. The molecule has 140 valence electrons. The standard InChI is InChI=1S/C18H21ClNO5P/c1-13(18(21)24-15-9-11-23-12-10-15)20-26(19,22)25-17-8-4-6-14-5-2-3-7-16(14)17/h2-8,13,15H,9-12H2,1H3,(H,20,22)/t13-,26?/m0/s1. The first-order valence-electron chi connectivity index (χ1n) is 8.48. The Kier molecular flexibility index (Phi) is 6.20. The van der Waals surface area contributed by atoms with E-state index in [9.17, 15) is 9.36 Å². The molecule has 1 N–H and O–H groups in total. The minimum Gasteiger partial charge on any atom is -0.461 e. The molecule has 26 heavy (non-hydrogen) atoms. The second-order valence-electron chi connectivity index (χ2n) is 6.15. The lowest BCUT2D eigenvalue weighted by Crippen LogP contribution is -2.37. The number of hydrogen-bond acceptors (Lipinski definition) is 5. The van der Waals surface area contributed by atoms with Crippen molar-refractivity contribution < 1.29 is 23.4 Å². The highest BCUT2D eigenvalue weighted by Gasteiger charge is 2.30. The molecule has 2 atom stereocenters. The lowest BCUT2D eigenvalue weighted by molar-refractivity contribution is -0.154. The van der Waals surface area contributed by atoms with Crippen LogP contribution in [0.25, 0.3) is 10.8 Å². The van der Waals surface area contributed by atoms with Crippen molar-refractivity contribution in [2.45, 2.75) is 31.9 Å². The van der Waals surface area contributed by atoms with Gasteiger partial charge in [0, 0.05) is 29.5 Å². The molecule has 1 aliphatic heterocycles. The Bertz CT molecular complexity index is 819. The molecule has 6 nitrogen and oxygen atoms in total. The van der Waals surface area contributed by atoms with Crippen molar-refractivity contribution >= 4 is 34.9 Å². The Morgan fingerprint density at radius 1 is 1.23 bits per heavy atom. The number of carbonyl (C=O) groups excluding carboxylic acids is 1. The van der Waals surface area contributed by atoms with Crippen LogP contribution in [-0.2, 0) is 18.8 Å². The van der Waals surface area contributed by atoms with Crippen molar-refractivity contribution in [1.82, 2.24) is 5.09 Å². The van der Waals surface area contributed by atoms with Crippen LogP contribution in [-0.4, -0.2) is 31.3 Å². The molecule has 2 aromatic carbocycles. The number of nitrogens with one attached hydrogen (secondary N) is 1. The van der Waals surface area contributed by atoms with E-state index in [1.807, 2.05) is 30.3 Å². The van der Waals surface area contributed by atoms with E-state index < -0.39 is 18.9 Å². The van der Waals surface area contributed by atoms with Gasteiger partial charge in [-0.25, -0.2) is 9.65 Å². The van der Waals surface area contributed by atoms with Crippen LogP contribution in [0.3, 0.4) is 0 Å². The van der Waals surface area contributed by atoms with Gasteiger partial charge in [0.15, 0.2) is 0 Å². The minimum atomic E-state index is -3.79. The highest BCUT2D eigenvalue weighted by Crippen LogP contribution is 2.50. The van der Waals surface area contributed by atoms with Crippen molar-refractivity contribution in [3.8, 4) is 5.75 Å². The molecule has 1 unspecified atom stereocenters. The summed E-state index contributed by atoms with van der Waals surface area (Å²) in [6.45, 7) is -1.11. The van der Waals surface area contributed by atoms with Crippen LogP contribution in [0, 0.1) is 0 Å². The first-order chi connectivity index (χ1) is 12.4. The molecule has 2 aromatic rings. The number of benzene rings is 2. The second kappa shape index (κ2) is 8.40. The highest BCUT2D eigenvalue weighted by atomic mass is 35.7. The van der Waals surface area contributed by atoms with Crippen LogP contribution in [0.1, 0.15) is 19.8 Å². The zero-order valence-corrected chi connectivity index (χ0v) is 16.0. The lowest BCUT2D eigenvalue weighted by atomic mass is 10.1. The minimum absolute atomic E-state index is 0.186. The Labute approximate surface area is 157 Å². The van der Waals surface area contributed by atoms with E-state index in [2.05, 4.69) is 5.09 Å². The molecule has 0 aromatic heterocycles. The third kappa shape index (κ3) is 4.98. The van der Waals surface area contributed by atoms with Crippen molar-refractivity contribution in [2.24, 2.45) is 0 Å². The van der Waals surface area contributed by atoms with Crippen LogP contribution < -0.4 is 9.61 Å². The summed E-state index contributed by atoms with van der Waals surface area (Å²) in [5, 5.41) is 4.28. The molecule has 1 fully saturated rings. The molecule has 0 spiro atoms. The predicted octanol–water partition coefficient (Wildman–Crippen LogP) is 4.27. The first kappa shape index (κ1) is 19.2. The third-order valence-electron chi connectivity index (χ3n) is 4.12. The molecule has 1 saturated heterocycles. The van der Waals surface area contributed by atoms with E-state index in [4.69, 9.17) is 25.2 Å². The summed E-state index contributed by atoms with van der Waals surface area (Å²) in [4.78, 5) is 12.2. The normalized spacial score (nSPS) is 18.8. The monoisotopic (exact) mass is 397 g/mol. The first-order valence-corrected chi connectivity index (χ1v) is 11.0. The summed E-state index contributed by atoms with van der Waals surface area (Å²) < 4.78 is 28.8. The molecule has 3 rings (SSSR count). The summed E-state index contributed by atoms with van der Waals surface area (Å²) in [7, 11) is 0. The van der Waals surface area contributed by atoms with Crippen LogP contribution in [0.15, 0.2) is 42.5 Å². The molecule has 0 saturated carbocycles. The Morgan fingerprint density at radius 2 is 1.92 bits per heavy atom. The van der Waals surface area contributed by atoms with Gasteiger partial charge in [-0.1, -0.05) is 36.4 Å². The molecular weight excluding hydrogens is 377 g/mol. The van der Waals surface area contributed by atoms with E-state index in [1.54, 1.807) is 19.1 Å². The number of halogens is 1. The average molecular weight is 398 g/mol. The summed E-state index contributed by atoms with van der Waals surface area (Å²) in [6.07, 6.45) is 1.13. The van der Waals surface area contributed by atoms with Crippen LogP contribution in [0.5, 0.6) is 5.75 Å². The van der Waals surface area contributed by atoms with Crippen LogP contribution in [0.4, 0.5) is 0 Å². The maximum Gasteiger partial charge on any atom is 0.409 e. The van der Waals surface area contributed by atoms with E-state index >= 15 is 0 Å². The molecule has 0 amide bonds. The van der Waals surface area contributed by atoms with Crippen molar-refractivity contribution in [2.75, 3.05) is 13.2 Å². The Morgan fingerprint density at radius 3 is 2.69 bits per heavy atom. The van der Waals surface area contributed by atoms with Crippen molar-refractivity contribution in [3.63, 3.8) is 0 Å². The molecule has 1 heterocycles. The van der Waals surface area contributed by atoms with E-state index in [1.165, 1.54) is 0 Å². The summed E-state index contributed by atoms with van der Waals surface area (Å²) >= 11 is 6.05. The maximum absolute atomic E-state index is 12.6. The molecule has 0 bridgehead atoms. The number of rotatable bonds is 6. The van der Waals surface area contributed by atoms with Crippen LogP contribution >= 0.6 is 18.1 Å². The topological polar surface area (TPSA) is 73.9 Å². The number of fused-ring (bicyclic) bond motifs is 1. The van der Waals surface area contributed by atoms with Gasteiger partial charge in [0.2, 0.25) is 0 Å². The van der Waals surface area contributed by atoms with E-state index in [0.717, 1.165) is 10.8 Å². The van der Waals surface area contributed by atoms with Gasteiger partial charge < -0.3 is 14.0 Å². The third-order valence-corrected chi connectivity index (χ3v) is 5.74. The van der Waals surface area contributed by atoms with Crippen LogP contribution in [0.2, 0.25) is 0 Å². The summed E-state index contributed by atoms with van der Waals surface area (Å²) in [5.41, 5.74) is 0. The molecule has 0 aliphatic carbocycles. The fraction of sp³-hybridized carbons (Fsp3) is 0.389. The summed E-state index contributed by atoms with van der Waals surface area (Å²) in [5.74, 6) is -0.127. The maximum atomic E-state index is 12.6. The van der Waals surface area contributed by atoms with E-state index in [-0.39, 0.29) is 6.10 Å². The molecular formula is C18H21ClNO5P. The number of hydrogen-bond donors (Lipinski definition) is 1. The number of esters is 1. The average Bonchev–Trinajstić information content (AvgIpc) is 2.62. The van der Waals surface area contributed by atoms with Gasteiger partial charge in [0.1, 0.15) is 17.9 Å². The Balaban J connectivity index is 1.64. The van der Waals surface area contributed by atoms with Gasteiger partial charge in [0.25, 0.3) is 0 Å². The highest BCUT2D eigenvalue weighted by molar-refractivity contribution is 7.84. The van der Waals surface area contributed by atoms with Crippen molar-refractivity contribution in [3.05, 3.63) is 42.5 Å². The number of ether oxygens (including phenoxy) is 2. The van der Waals surface area contributed by atoms with E-state index in [0.29, 0.717) is 31.8 Å². The zero-order chi connectivity index (χ0) is 18.6. The molecule has 8 heteroatoms.